The van der Waals surface area contributed by atoms with Crippen LogP contribution in [0.5, 0.6) is 5.75 Å². The lowest BCUT2D eigenvalue weighted by atomic mass is 10.2. The zero-order valence-corrected chi connectivity index (χ0v) is 12.8. The Hall–Kier alpha value is -3.09. The third-order valence-electron chi connectivity index (χ3n) is 2.95. The van der Waals surface area contributed by atoms with Gasteiger partial charge in [-0.1, -0.05) is 0 Å². The predicted octanol–water partition coefficient (Wildman–Crippen LogP) is 3.70. The summed E-state index contributed by atoms with van der Waals surface area (Å²) in [5.74, 6) is 0.0831. The highest BCUT2D eigenvalue weighted by molar-refractivity contribution is 5.88. The molecule has 1 amide bonds. The van der Waals surface area contributed by atoms with Crippen LogP contribution in [-0.2, 0) is 4.79 Å². The van der Waals surface area contributed by atoms with Crippen molar-refractivity contribution in [1.29, 1.82) is 0 Å². The van der Waals surface area contributed by atoms with Crippen molar-refractivity contribution in [3.63, 3.8) is 0 Å². The zero-order valence-electron chi connectivity index (χ0n) is 12.8. The summed E-state index contributed by atoms with van der Waals surface area (Å²) >= 11 is 0. The number of nitrogens with one attached hydrogen (secondary N) is 2. The molecular weight excluding hydrogens is 298 g/mol. The number of carbonyl (C=O) groups excluding carboxylic acids is 1. The van der Waals surface area contributed by atoms with E-state index in [9.17, 15) is 14.9 Å². The molecule has 2 aromatic carbocycles. The Bertz CT molecular complexity index is 714. The van der Waals surface area contributed by atoms with Crippen LogP contribution in [-0.4, -0.2) is 17.4 Å². The molecular formula is C16H17N3O4. The second kappa shape index (κ2) is 7.26. The minimum absolute atomic E-state index is 0.0709. The van der Waals surface area contributed by atoms with E-state index in [-0.39, 0.29) is 17.3 Å². The maximum atomic E-state index is 11.0. The molecule has 2 aromatic rings. The van der Waals surface area contributed by atoms with Crippen molar-refractivity contribution < 1.29 is 14.5 Å². The molecule has 0 bridgehead atoms. The maximum Gasteiger partial charge on any atom is 0.311 e. The molecule has 0 atom stereocenters. The number of amides is 1. The van der Waals surface area contributed by atoms with Gasteiger partial charge in [-0.15, -0.1) is 0 Å². The van der Waals surface area contributed by atoms with Crippen molar-refractivity contribution in [2.75, 3.05) is 17.2 Å². The average molecular weight is 315 g/mol. The Morgan fingerprint density at radius 1 is 1.13 bits per heavy atom. The summed E-state index contributed by atoms with van der Waals surface area (Å²) in [5.41, 5.74) is 2.09. The number of nitro benzene ring substituents is 1. The van der Waals surface area contributed by atoms with Gasteiger partial charge in [0.1, 0.15) is 0 Å². The molecule has 0 unspecified atom stereocenters. The Labute approximate surface area is 133 Å². The van der Waals surface area contributed by atoms with E-state index in [4.69, 9.17) is 4.74 Å². The number of hydrogen-bond acceptors (Lipinski definition) is 5. The van der Waals surface area contributed by atoms with Gasteiger partial charge in [-0.3, -0.25) is 14.9 Å². The van der Waals surface area contributed by atoms with E-state index in [1.54, 1.807) is 43.3 Å². The lowest BCUT2D eigenvalue weighted by molar-refractivity contribution is -0.385. The van der Waals surface area contributed by atoms with Crippen LogP contribution in [0, 0.1) is 10.1 Å². The normalized spacial score (nSPS) is 10.0. The Kier molecular flexibility index (Phi) is 5.14. The van der Waals surface area contributed by atoms with Gasteiger partial charge < -0.3 is 15.4 Å². The second-order valence-electron chi connectivity index (χ2n) is 4.76. The Morgan fingerprint density at radius 2 is 1.74 bits per heavy atom. The molecule has 0 aliphatic carbocycles. The lowest BCUT2D eigenvalue weighted by Crippen LogP contribution is -2.05. The van der Waals surface area contributed by atoms with Gasteiger partial charge in [0.15, 0.2) is 5.75 Å². The molecule has 0 aromatic heterocycles. The molecule has 23 heavy (non-hydrogen) atoms. The van der Waals surface area contributed by atoms with Crippen LogP contribution in [0.2, 0.25) is 0 Å². The van der Waals surface area contributed by atoms with Gasteiger partial charge >= 0.3 is 5.69 Å². The third kappa shape index (κ3) is 4.44. The lowest BCUT2D eigenvalue weighted by Gasteiger charge is -2.10. The van der Waals surface area contributed by atoms with Gasteiger partial charge in [-0.25, -0.2) is 0 Å². The van der Waals surface area contributed by atoms with E-state index in [0.717, 1.165) is 5.69 Å². The van der Waals surface area contributed by atoms with Crippen molar-refractivity contribution in [3.05, 3.63) is 52.6 Å². The van der Waals surface area contributed by atoms with Crippen LogP contribution < -0.4 is 15.4 Å². The number of nitrogens with zero attached hydrogens (tertiary/aromatic N) is 1. The molecule has 2 rings (SSSR count). The van der Waals surface area contributed by atoms with Crippen molar-refractivity contribution >= 4 is 28.7 Å². The summed E-state index contributed by atoms with van der Waals surface area (Å²) in [6.07, 6.45) is 0. The van der Waals surface area contributed by atoms with E-state index < -0.39 is 4.92 Å². The molecule has 120 valence electrons. The second-order valence-corrected chi connectivity index (χ2v) is 4.76. The monoisotopic (exact) mass is 315 g/mol. The van der Waals surface area contributed by atoms with Crippen LogP contribution in [0.25, 0.3) is 0 Å². The standard InChI is InChI=1S/C16H17N3O4/c1-3-23-16-10-14(8-9-15(16)19(21)22)18-13-6-4-12(5-7-13)17-11(2)20/h4-10,18H,3H2,1-2H3,(H,17,20). The number of ether oxygens (including phenoxy) is 1. The summed E-state index contributed by atoms with van der Waals surface area (Å²) in [4.78, 5) is 21.5. The topological polar surface area (TPSA) is 93.5 Å². The first kappa shape index (κ1) is 16.3. The van der Waals surface area contributed by atoms with Gasteiger partial charge in [-0.05, 0) is 37.3 Å². The number of carbonyl (C=O) groups is 1. The number of hydrogen-bond donors (Lipinski definition) is 2. The molecule has 0 saturated heterocycles. The molecule has 0 aliphatic heterocycles. The summed E-state index contributed by atoms with van der Waals surface area (Å²) in [5, 5.41) is 16.8. The molecule has 7 nitrogen and oxygen atoms in total. The van der Waals surface area contributed by atoms with E-state index in [2.05, 4.69) is 10.6 Å². The molecule has 0 heterocycles. The zero-order chi connectivity index (χ0) is 16.8. The molecule has 0 radical (unpaired) electrons. The summed E-state index contributed by atoms with van der Waals surface area (Å²) in [7, 11) is 0. The smallest absolute Gasteiger partial charge is 0.311 e. The number of benzene rings is 2. The fraction of sp³-hybridized carbons (Fsp3) is 0.188. The number of nitro groups is 1. The summed E-state index contributed by atoms with van der Waals surface area (Å²) in [6.45, 7) is 3.55. The first-order valence-corrected chi connectivity index (χ1v) is 7.05. The molecule has 2 N–H and O–H groups in total. The molecule has 7 heteroatoms. The predicted molar refractivity (Wildman–Crippen MR) is 88.3 cm³/mol. The fourth-order valence-electron chi connectivity index (χ4n) is 2.02. The van der Waals surface area contributed by atoms with Crippen molar-refractivity contribution in [1.82, 2.24) is 0 Å². The van der Waals surface area contributed by atoms with Crippen molar-refractivity contribution in [2.45, 2.75) is 13.8 Å². The SMILES string of the molecule is CCOc1cc(Nc2ccc(NC(C)=O)cc2)ccc1[N+](=O)[O-]. The third-order valence-corrected chi connectivity index (χ3v) is 2.95. The van der Waals surface area contributed by atoms with E-state index in [1.165, 1.54) is 13.0 Å². The minimum atomic E-state index is -0.475. The summed E-state index contributed by atoms with van der Waals surface area (Å²) in [6, 6.07) is 11.7. The van der Waals surface area contributed by atoms with Gasteiger partial charge in [0, 0.05) is 36.1 Å². The molecule has 0 fully saturated rings. The van der Waals surface area contributed by atoms with Crippen LogP contribution in [0.4, 0.5) is 22.7 Å². The van der Waals surface area contributed by atoms with Gasteiger partial charge in [0.25, 0.3) is 0 Å². The van der Waals surface area contributed by atoms with Gasteiger partial charge in [-0.2, -0.15) is 0 Å². The van der Waals surface area contributed by atoms with Gasteiger partial charge in [0.05, 0.1) is 11.5 Å². The van der Waals surface area contributed by atoms with Gasteiger partial charge in [0.2, 0.25) is 5.91 Å². The first-order chi connectivity index (χ1) is 11.0. The number of anilines is 3. The van der Waals surface area contributed by atoms with Crippen LogP contribution in [0.3, 0.4) is 0 Å². The van der Waals surface area contributed by atoms with Crippen molar-refractivity contribution in [3.8, 4) is 5.75 Å². The quantitative estimate of drug-likeness (QED) is 0.626. The van der Waals surface area contributed by atoms with Crippen LogP contribution in [0.1, 0.15) is 13.8 Å². The fourth-order valence-corrected chi connectivity index (χ4v) is 2.02. The Morgan fingerprint density at radius 3 is 2.30 bits per heavy atom. The highest BCUT2D eigenvalue weighted by atomic mass is 16.6. The van der Waals surface area contributed by atoms with Crippen LogP contribution >= 0.6 is 0 Å². The summed E-state index contributed by atoms with van der Waals surface area (Å²) < 4.78 is 5.31. The van der Waals surface area contributed by atoms with E-state index in [1.807, 2.05) is 0 Å². The molecule has 0 spiro atoms. The first-order valence-electron chi connectivity index (χ1n) is 7.05. The highest BCUT2D eigenvalue weighted by Crippen LogP contribution is 2.31. The average Bonchev–Trinajstić information content (AvgIpc) is 2.49. The highest BCUT2D eigenvalue weighted by Gasteiger charge is 2.15. The molecule has 0 aliphatic rings. The maximum absolute atomic E-state index is 11.0. The van der Waals surface area contributed by atoms with E-state index in [0.29, 0.717) is 18.0 Å². The molecule has 0 saturated carbocycles. The largest absolute Gasteiger partial charge is 0.487 e. The minimum Gasteiger partial charge on any atom is -0.487 e. The van der Waals surface area contributed by atoms with E-state index >= 15 is 0 Å². The van der Waals surface area contributed by atoms with Crippen LogP contribution in [0.15, 0.2) is 42.5 Å². The number of rotatable bonds is 6. The Balaban J connectivity index is 2.17. The van der Waals surface area contributed by atoms with Crippen molar-refractivity contribution in [2.24, 2.45) is 0 Å².